The lowest BCUT2D eigenvalue weighted by atomic mass is 9.97. The van der Waals surface area contributed by atoms with Gasteiger partial charge in [-0.05, 0) is 53.9 Å². The summed E-state index contributed by atoms with van der Waals surface area (Å²) in [7, 11) is 0. The fraction of sp³-hybridized carbons (Fsp3) is 0.0833. The predicted molar refractivity (Wildman–Crippen MR) is 114 cm³/mol. The van der Waals surface area contributed by atoms with E-state index < -0.39 is 23.4 Å². The van der Waals surface area contributed by atoms with Gasteiger partial charge in [0.1, 0.15) is 11.6 Å². The second-order valence-electron chi connectivity index (χ2n) is 6.97. The molecule has 0 unspecified atom stereocenters. The number of hydrogen-bond acceptors (Lipinski definition) is 2. The highest BCUT2D eigenvalue weighted by Crippen LogP contribution is 2.33. The highest BCUT2D eigenvalue weighted by molar-refractivity contribution is 6.35. The van der Waals surface area contributed by atoms with Crippen LogP contribution in [0.4, 0.5) is 8.78 Å². The zero-order chi connectivity index (χ0) is 22.3. The Bertz CT molecular complexity index is 1340. The maximum absolute atomic E-state index is 14.8. The number of carbonyl (C=O) groups is 2. The standard InChI is InChI=1S/C24H16ClF2NO3/c1-2-13-11-14(8-9-15(13)24(30)31)16-12-20(28-10-4-7-19(27)22(16)28)23(29)21-17(25)5-3-6-18(21)26/h3-12H,2H2,1H3,(H,30,31). The van der Waals surface area contributed by atoms with Crippen LogP contribution >= 0.6 is 11.6 Å². The minimum absolute atomic E-state index is 0.0388. The van der Waals surface area contributed by atoms with E-state index in [-0.39, 0.29) is 27.4 Å². The van der Waals surface area contributed by atoms with Crippen LogP contribution in [0.3, 0.4) is 0 Å². The average molecular weight is 440 g/mol. The van der Waals surface area contributed by atoms with Crippen molar-refractivity contribution in [3.8, 4) is 11.1 Å². The SMILES string of the molecule is CCc1cc(-c2cc(C(=O)c3c(F)cccc3Cl)n3cccc(F)c23)ccc1C(=O)O. The fourth-order valence-electron chi connectivity index (χ4n) is 3.72. The van der Waals surface area contributed by atoms with E-state index in [1.807, 2.05) is 6.92 Å². The molecule has 0 fully saturated rings. The topological polar surface area (TPSA) is 58.8 Å². The Morgan fingerprint density at radius 1 is 1.03 bits per heavy atom. The molecule has 0 radical (unpaired) electrons. The van der Waals surface area contributed by atoms with Crippen molar-refractivity contribution in [2.75, 3.05) is 0 Å². The van der Waals surface area contributed by atoms with Crippen molar-refractivity contribution in [1.29, 1.82) is 0 Å². The average Bonchev–Trinajstić information content (AvgIpc) is 3.14. The highest BCUT2D eigenvalue weighted by Gasteiger charge is 2.24. The number of aromatic carboxylic acids is 1. The van der Waals surface area contributed by atoms with E-state index in [4.69, 9.17) is 11.6 Å². The summed E-state index contributed by atoms with van der Waals surface area (Å²) in [6, 6.07) is 12.8. The number of hydrogen-bond donors (Lipinski definition) is 1. The first-order chi connectivity index (χ1) is 14.8. The van der Waals surface area contributed by atoms with Crippen LogP contribution in [0.1, 0.15) is 38.9 Å². The number of nitrogens with zero attached hydrogens (tertiary/aromatic N) is 1. The normalized spacial score (nSPS) is 11.1. The number of rotatable bonds is 5. The number of ketones is 1. The lowest BCUT2D eigenvalue weighted by Gasteiger charge is -2.08. The molecule has 156 valence electrons. The molecule has 0 saturated carbocycles. The zero-order valence-electron chi connectivity index (χ0n) is 16.3. The van der Waals surface area contributed by atoms with Crippen molar-refractivity contribution in [3.05, 3.63) is 99.8 Å². The lowest BCUT2D eigenvalue weighted by Crippen LogP contribution is -2.08. The van der Waals surface area contributed by atoms with Crippen molar-refractivity contribution >= 4 is 28.9 Å². The Hall–Kier alpha value is -3.51. The van der Waals surface area contributed by atoms with Gasteiger partial charge in [0, 0.05) is 11.8 Å². The fourth-order valence-corrected chi connectivity index (χ4v) is 3.96. The molecule has 0 amide bonds. The van der Waals surface area contributed by atoms with Crippen molar-refractivity contribution < 1.29 is 23.5 Å². The molecule has 31 heavy (non-hydrogen) atoms. The van der Waals surface area contributed by atoms with Crippen LogP contribution in [0.25, 0.3) is 16.6 Å². The molecule has 7 heteroatoms. The van der Waals surface area contributed by atoms with Crippen LogP contribution in [0.2, 0.25) is 5.02 Å². The third-order valence-corrected chi connectivity index (χ3v) is 5.51. The quantitative estimate of drug-likeness (QED) is 0.386. The van der Waals surface area contributed by atoms with E-state index in [0.29, 0.717) is 23.1 Å². The third kappa shape index (κ3) is 3.49. The second-order valence-corrected chi connectivity index (χ2v) is 7.38. The summed E-state index contributed by atoms with van der Waals surface area (Å²) in [5.41, 5.74) is 1.54. The number of halogens is 3. The molecule has 2 aromatic heterocycles. The van der Waals surface area contributed by atoms with E-state index in [9.17, 15) is 23.5 Å². The number of carboxylic acid groups (broad SMARTS) is 1. The summed E-state index contributed by atoms with van der Waals surface area (Å²) in [5, 5.41) is 9.33. The molecule has 0 spiro atoms. The van der Waals surface area contributed by atoms with Gasteiger partial charge in [0.25, 0.3) is 0 Å². The van der Waals surface area contributed by atoms with Crippen LogP contribution in [0.15, 0.2) is 60.8 Å². The first kappa shape index (κ1) is 20.8. The molecule has 0 atom stereocenters. The molecular formula is C24H16ClF2NO3. The summed E-state index contributed by atoms with van der Waals surface area (Å²) in [5.74, 6) is -3.09. The van der Waals surface area contributed by atoms with Crippen molar-refractivity contribution in [3.63, 3.8) is 0 Å². The summed E-state index contributed by atoms with van der Waals surface area (Å²) < 4.78 is 30.6. The van der Waals surface area contributed by atoms with Crippen LogP contribution < -0.4 is 0 Å². The van der Waals surface area contributed by atoms with E-state index in [1.165, 1.54) is 47.0 Å². The Labute approximate surface area is 181 Å². The van der Waals surface area contributed by atoms with E-state index >= 15 is 0 Å². The second kappa shape index (κ2) is 7.96. The Balaban J connectivity index is 1.97. The number of carboxylic acids is 1. The molecule has 4 rings (SSSR count). The number of benzene rings is 2. The van der Waals surface area contributed by atoms with Gasteiger partial charge in [-0.15, -0.1) is 0 Å². The lowest BCUT2D eigenvalue weighted by molar-refractivity contribution is 0.0695. The largest absolute Gasteiger partial charge is 0.478 e. The molecule has 0 bridgehead atoms. The number of carbonyl (C=O) groups excluding carboxylic acids is 1. The predicted octanol–water partition coefficient (Wildman–Crippen LogP) is 6.03. The molecule has 0 saturated heterocycles. The van der Waals surface area contributed by atoms with Gasteiger partial charge in [-0.25, -0.2) is 13.6 Å². The highest BCUT2D eigenvalue weighted by atomic mass is 35.5. The van der Waals surface area contributed by atoms with Gasteiger partial charge in [0.15, 0.2) is 0 Å². The molecule has 0 aliphatic rings. The monoisotopic (exact) mass is 439 g/mol. The molecule has 2 heterocycles. The molecule has 0 aliphatic carbocycles. The molecule has 0 aliphatic heterocycles. The minimum atomic E-state index is -1.05. The number of aryl methyl sites for hydroxylation is 1. The van der Waals surface area contributed by atoms with E-state index in [2.05, 4.69) is 0 Å². The number of aromatic nitrogens is 1. The molecular weight excluding hydrogens is 424 g/mol. The van der Waals surface area contributed by atoms with Crippen molar-refractivity contribution in [1.82, 2.24) is 4.40 Å². The van der Waals surface area contributed by atoms with Crippen molar-refractivity contribution in [2.45, 2.75) is 13.3 Å². The summed E-state index contributed by atoms with van der Waals surface area (Å²) in [4.78, 5) is 24.6. The third-order valence-electron chi connectivity index (χ3n) is 5.19. The summed E-state index contributed by atoms with van der Waals surface area (Å²) >= 11 is 6.07. The van der Waals surface area contributed by atoms with Gasteiger partial charge in [-0.3, -0.25) is 4.79 Å². The van der Waals surface area contributed by atoms with Gasteiger partial charge in [-0.1, -0.05) is 36.7 Å². The maximum Gasteiger partial charge on any atom is 0.335 e. The number of fused-ring (bicyclic) bond motifs is 1. The van der Waals surface area contributed by atoms with Gasteiger partial charge in [0.2, 0.25) is 5.78 Å². The van der Waals surface area contributed by atoms with Crippen LogP contribution in [-0.4, -0.2) is 21.3 Å². The zero-order valence-corrected chi connectivity index (χ0v) is 17.1. The minimum Gasteiger partial charge on any atom is -0.478 e. The molecule has 2 aromatic carbocycles. The van der Waals surface area contributed by atoms with Gasteiger partial charge in [0.05, 0.1) is 27.4 Å². The van der Waals surface area contributed by atoms with Crippen LogP contribution in [-0.2, 0) is 6.42 Å². The molecule has 4 aromatic rings. The Morgan fingerprint density at radius 2 is 1.77 bits per heavy atom. The van der Waals surface area contributed by atoms with E-state index in [0.717, 1.165) is 6.07 Å². The van der Waals surface area contributed by atoms with Crippen molar-refractivity contribution in [2.24, 2.45) is 0 Å². The smallest absolute Gasteiger partial charge is 0.335 e. The van der Waals surface area contributed by atoms with Crippen LogP contribution in [0.5, 0.6) is 0 Å². The van der Waals surface area contributed by atoms with Gasteiger partial charge < -0.3 is 9.51 Å². The maximum atomic E-state index is 14.8. The molecule has 1 N–H and O–H groups in total. The Kier molecular flexibility index (Phi) is 5.33. The summed E-state index contributed by atoms with van der Waals surface area (Å²) in [6.07, 6.45) is 1.97. The Morgan fingerprint density at radius 3 is 2.45 bits per heavy atom. The number of pyridine rings is 1. The van der Waals surface area contributed by atoms with Gasteiger partial charge in [-0.2, -0.15) is 0 Å². The summed E-state index contributed by atoms with van der Waals surface area (Å²) in [6.45, 7) is 1.82. The first-order valence-electron chi connectivity index (χ1n) is 9.48. The molecule has 4 nitrogen and oxygen atoms in total. The van der Waals surface area contributed by atoms with E-state index in [1.54, 1.807) is 12.1 Å². The first-order valence-corrected chi connectivity index (χ1v) is 9.86. The van der Waals surface area contributed by atoms with Crippen LogP contribution in [0, 0.1) is 11.6 Å². The van der Waals surface area contributed by atoms with Gasteiger partial charge >= 0.3 is 5.97 Å².